The minimum atomic E-state index is 0.565. The van der Waals surface area contributed by atoms with E-state index in [9.17, 15) is 0 Å². The Kier molecular flexibility index (Phi) is 4.08. The highest BCUT2D eigenvalue weighted by molar-refractivity contribution is 9.10. The van der Waals surface area contributed by atoms with Gasteiger partial charge < -0.3 is 9.84 Å². The quantitative estimate of drug-likeness (QED) is 0.860. The second kappa shape index (κ2) is 5.77. The summed E-state index contributed by atoms with van der Waals surface area (Å²) in [5, 5.41) is 6.81. The van der Waals surface area contributed by atoms with Crippen LogP contribution in [0.2, 0.25) is 0 Å². The second-order valence-electron chi connectivity index (χ2n) is 3.57. The minimum absolute atomic E-state index is 0.565. The molecule has 2 heterocycles. The van der Waals surface area contributed by atoms with E-state index in [-0.39, 0.29) is 0 Å². The van der Waals surface area contributed by atoms with Crippen molar-refractivity contribution in [2.75, 3.05) is 5.32 Å². The number of hydrogen-bond donors (Lipinski definition) is 1. The monoisotopic (exact) mass is 296 g/mol. The highest BCUT2D eigenvalue weighted by Crippen LogP contribution is 2.14. The van der Waals surface area contributed by atoms with Crippen LogP contribution in [-0.4, -0.2) is 15.1 Å². The van der Waals surface area contributed by atoms with Crippen molar-refractivity contribution in [1.29, 1.82) is 0 Å². The van der Waals surface area contributed by atoms with E-state index in [0.717, 1.165) is 34.8 Å². The van der Waals surface area contributed by atoms with E-state index >= 15 is 0 Å². The number of aromatic nitrogens is 3. The lowest BCUT2D eigenvalue weighted by Crippen LogP contribution is -2.04. The molecular formula is C11H13BrN4O. The Hall–Kier alpha value is -1.43. The third-order valence-corrected chi connectivity index (χ3v) is 2.56. The van der Waals surface area contributed by atoms with Crippen molar-refractivity contribution in [2.45, 2.75) is 26.3 Å². The number of hydrogen-bond acceptors (Lipinski definition) is 5. The van der Waals surface area contributed by atoms with E-state index in [2.05, 4.69) is 43.3 Å². The molecule has 90 valence electrons. The molecule has 6 heteroatoms. The van der Waals surface area contributed by atoms with E-state index in [0.29, 0.717) is 6.54 Å². The third-order valence-electron chi connectivity index (χ3n) is 2.15. The van der Waals surface area contributed by atoms with Crippen molar-refractivity contribution in [3.05, 3.63) is 34.5 Å². The van der Waals surface area contributed by atoms with Gasteiger partial charge in [-0.1, -0.05) is 12.1 Å². The normalized spacial score (nSPS) is 10.5. The summed E-state index contributed by atoms with van der Waals surface area (Å²) in [6.45, 7) is 2.67. The number of nitrogens with one attached hydrogen (secondary N) is 1. The zero-order valence-electron chi connectivity index (χ0n) is 9.48. The second-order valence-corrected chi connectivity index (χ2v) is 4.39. The SMILES string of the molecule is CCCc1nc(Br)cc(NCc2ccno2)n1. The Morgan fingerprint density at radius 1 is 1.41 bits per heavy atom. The molecule has 0 aliphatic carbocycles. The van der Waals surface area contributed by atoms with Crippen molar-refractivity contribution in [1.82, 2.24) is 15.1 Å². The number of anilines is 1. The minimum Gasteiger partial charge on any atom is -0.363 e. The molecule has 0 aromatic carbocycles. The van der Waals surface area contributed by atoms with E-state index < -0.39 is 0 Å². The largest absolute Gasteiger partial charge is 0.363 e. The van der Waals surface area contributed by atoms with Gasteiger partial charge in [-0.3, -0.25) is 0 Å². The van der Waals surface area contributed by atoms with Gasteiger partial charge >= 0.3 is 0 Å². The van der Waals surface area contributed by atoms with Gasteiger partial charge in [0.05, 0.1) is 12.7 Å². The fourth-order valence-electron chi connectivity index (χ4n) is 1.40. The maximum atomic E-state index is 5.00. The van der Waals surface area contributed by atoms with Gasteiger partial charge in [0.2, 0.25) is 0 Å². The summed E-state index contributed by atoms with van der Waals surface area (Å²) in [5.41, 5.74) is 0. The van der Waals surface area contributed by atoms with Gasteiger partial charge in [0.1, 0.15) is 16.2 Å². The van der Waals surface area contributed by atoms with Gasteiger partial charge in [-0.15, -0.1) is 0 Å². The van der Waals surface area contributed by atoms with Crippen LogP contribution in [0.15, 0.2) is 27.5 Å². The molecule has 0 bridgehead atoms. The third kappa shape index (κ3) is 3.52. The zero-order chi connectivity index (χ0) is 12.1. The summed E-state index contributed by atoms with van der Waals surface area (Å²) in [5.74, 6) is 2.39. The van der Waals surface area contributed by atoms with Crippen molar-refractivity contribution in [2.24, 2.45) is 0 Å². The Balaban J connectivity index is 2.04. The smallest absolute Gasteiger partial charge is 0.155 e. The van der Waals surface area contributed by atoms with Crippen LogP contribution in [0.5, 0.6) is 0 Å². The van der Waals surface area contributed by atoms with Crippen molar-refractivity contribution in [3.63, 3.8) is 0 Å². The first kappa shape index (κ1) is 12.0. The average molecular weight is 297 g/mol. The molecular weight excluding hydrogens is 284 g/mol. The molecule has 0 spiro atoms. The average Bonchev–Trinajstić information content (AvgIpc) is 2.79. The summed E-state index contributed by atoms with van der Waals surface area (Å²) < 4.78 is 5.78. The molecule has 0 aliphatic rings. The molecule has 0 amide bonds. The van der Waals surface area contributed by atoms with Gasteiger partial charge in [-0.2, -0.15) is 0 Å². The predicted molar refractivity (Wildman–Crippen MR) is 67.6 cm³/mol. The Morgan fingerprint density at radius 3 is 3.00 bits per heavy atom. The lowest BCUT2D eigenvalue weighted by Gasteiger charge is -2.05. The first-order valence-electron chi connectivity index (χ1n) is 5.45. The van der Waals surface area contributed by atoms with Crippen LogP contribution in [-0.2, 0) is 13.0 Å². The summed E-state index contributed by atoms with van der Waals surface area (Å²) in [6, 6.07) is 3.66. The number of aryl methyl sites for hydroxylation is 1. The maximum absolute atomic E-state index is 5.00. The molecule has 0 radical (unpaired) electrons. The van der Waals surface area contributed by atoms with Crippen LogP contribution < -0.4 is 5.32 Å². The molecule has 0 saturated heterocycles. The van der Waals surface area contributed by atoms with Crippen molar-refractivity contribution >= 4 is 21.7 Å². The number of nitrogens with zero attached hydrogens (tertiary/aromatic N) is 3. The molecule has 1 N–H and O–H groups in total. The van der Waals surface area contributed by atoms with Gasteiger partial charge in [0.25, 0.3) is 0 Å². The first-order valence-corrected chi connectivity index (χ1v) is 6.24. The molecule has 17 heavy (non-hydrogen) atoms. The van der Waals surface area contributed by atoms with Gasteiger partial charge in [-0.05, 0) is 22.4 Å². The van der Waals surface area contributed by atoms with E-state index in [1.807, 2.05) is 12.1 Å². The molecule has 5 nitrogen and oxygen atoms in total. The molecule has 0 atom stereocenters. The van der Waals surface area contributed by atoms with E-state index in [1.54, 1.807) is 6.20 Å². The zero-order valence-corrected chi connectivity index (χ0v) is 11.1. The van der Waals surface area contributed by atoms with Gasteiger partial charge in [-0.25, -0.2) is 9.97 Å². The molecule has 0 aliphatic heterocycles. The van der Waals surface area contributed by atoms with Crippen LogP contribution in [0.3, 0.4) is 0 Å². The molecule has 0 fully saturated rings. The predicted octanol–water partition coefficient (Wildman–Crippen LogP) is 2.79. The number of rotatable bonds is 5. The van der Waals surface area contributed by atoms with Gasteiger partial charge in [0, 0.05) is 18.6 Å². The topological polar surface area (TPSA) is 63.8 Å². The Bertz CT molecular complexity index is 472. The van der Waals surface area contributed by atoms with Crippen molar-refractivity contribution < 1.29 is 4.52 Å². The lowest BCUT2D eigenvalue weighted by atomic mass is 10.3. The van der Waals surface area contributed by atoms with Crippen LogP contribution in [0, 0.1) is 0 Å². The number of halogens is 1. The molecule has 2 aromatic heterocycles. The first-order chi connectivity index (χ1) is 8.28. The summed E-state index contributed by atoms with van der Waals surface area (Å²) in [4.78, 5) is 8.71. The van der Waals surface area contributed by atoms with Crippen LogP contribution in [0.25, 0.3) is 0 Å². The van der Waals surface area contributed by atoms with Crippen molar-refractivity contribution in [3.8, 4) is 0 Å². The highest BCUT2D eigenvalue weighted by atomic mass is 79.9. The van der Waals surface area contributed by atoms with Crippen LogP contribution in [0.4, 0.5) is 5.82 Å². The summed E-state index contributed by atoms with van der Waals surface area (Å²) >= 11 is 3.37. The van der Waals surface area contributed by atoms with E-state index in [1.165, 1.54) is 0 Å². The van der Waals surface area contributed by atoms with E-state index in [4.69, 9.17) is 4.52 Å². The standard InChI is InChI=1S/C11H13BrN4O/c1-2-3-10-15-9(12)6-11(16-10)13-7-8-4-5-14-17-8/h4-6H,2-3,7H2,1H3,(H,13,15,16). The Morgan fingerprint density at radius 2 is 2.29 bits per heavy atom. The maximum Gasteiger partial charge on any atom is 0.155 e. The fourth-order valence-corrected chi connectivity index (χ4v) is 1.82. The molecule has 0 saturated carbocycles. The highest BCUT2D eigenvalue weighted by Gasteiger charge is 2.03. The van der Waals surface area contributed by atoms with Gasteiger partial charge in [0.15, 0.2) is 5.76 Å². The lowest BCUT2D eigenvalue weighted by molar-refractivity contribution is 0.388. The fraction of sp³-hybridized carbons (Fsp3) is 0.364. The molecule has 0 unspecified atom stereocenters. The van der Waals surface area contributed by atoms with Crippen LogP contribution >= 0.6 is 15.9 Å². The Labute approximate surface area is 108 Å². The molecule has 2 aromatic rings. The summed E-state index contributed by atoms with van der Waals surface area (Å²) in [7, 11) is 0. The molecule has 2 rings (SSSR count). The van der Waals surface area contributed by atoms with Crippen LogP contribution in [0.1, 0.15) is 24.9 Å². The summed E-state index contributed by atoms with van der Waals surface area (Å²) in [6.07, 6.45) is 3.52.